The number of nitrogens with zero attached hydrogens (tertiary/aromatic N) is 2. The smallest absolute Gasteiger partial charge is 0.328 e. The highest BCUT2D eigenvalue weighted by Crippen LogP contribution is 2.25. The Hall–Kier alpha value is -2.57. The molecule has 0 aliphatic carbocycles. The van der Waals surface area contributed by atoms with Gasteiger partial charge in [0.1, 0.15) is 0 Å². The van der Waals surface area contributed by atoms with Crippen LogP contribution in [-0.2, 0) is 0 Å². The number of carbonyl (C=O) groups is 1. The van der Waals surface area contributed by atoms with E-state index in [1.54, 1.807) is 6.92 Å². The molecule has 0 fully saturated rings. The van der Waals surface area contributed by atoms with Gasteiger partial charge in [0, 0.05) is 5.56 Å². The predicted octanol–water partition coefficient (Wildman–Crippen LogP) is 1.04. The second-order valence-corrected chi connectivity index (χ2v) is 3.30. The number of rotatable bonds is 2. The van der Waals surface area contributed by atoms with Crippen LogP contribution in [0, 0.1) is 6.92 Å². The van der Waals surface area contributed by atoms with Crippen LogP contribution in [0.25, 0.3) is 0 Å². The molecule has 88 valence electrons. The summed E-state index contributed by atoms with van der Waals surface area (Å²) in [4.78, 5) is 15.4. The molecule has 1 heterocycles. The van der Waals surface area contributed by atoms with E-state index in [0.717, 1.165) is 6.07 Å². The molecule has 1 aromatic carbocycles. The summed E-state index contributed by atoms with van der Waals surface area (Å²) in [5.41, 5.74) is 0.163. The first kappa shape index (κ1) is 10.9. The number of phenolic OH excluding ortho intramolecular Hbond substituents is 2. The van der Waals surface area contributed by atoms with E-state index in [0.29, 0.717) is 5.82 Å². The van der Waals surface area contributed by atoms with Gasteiger partial charge in [-0.15, -0.1) is 0 Å². The summed E-state index contributed by atoms with van der Waals surface area (Å²) in [6, 6.07) is 3.67. The molecular weight excluding hydrogens is 226 g/mol. The van der Waals surface area contributed by atoms with E-state index in [-0.39, 0.29) is 23.1 Å². The van der Waals surface area contributed by atoms with E-state index in [4.69, 9.17) is 9.63 Å². The normalized spacial score (nSPS) is 10.2. The van der Waals surface area contributed by atoms with Crippen molar-refractivity contribution in [1.29, 1.82) is 0 Å². The number of aromatic hydroxyl groups is 2. The van der Waals surface area contributed by atoms with E-state index in [2.05, 4.69) is 15.5 Å². The Morgan fingerprint density at radius 2 is 2.12 bits per heavy atom. The topological polar surface area (TPSA) is 108 Å². The van der Waals surface area contributed by atoms with Gasteiger partial charge in [-0.3, -0.25) is 10.1 Å². The van der Waals surface area contributed by atoms with E-state index >= 15 is 0 Å². The number of phenols is 2. The number of aromatic nitrogens is 2. The zero-order valence-corrected chi connectivity index (χ0v) is 8.84. The molecule has 1 aromatic heterocycles. The molecule has 2 rings (SSSR count). The van der Waals surface area contributed by atoms with Crippen LogP contribution in [0.2, 0.25) is 0 Å². The van der Waals surface area contributed by atoms with E-state index in [9.17, 15) is 9.90 Å². The first-order chi connectivity index (χ1) is 8.06. The Labute approximate surface area is 95.7 Å². The van der Waals surface area contributed by atoms with Crippen molar-refractivity contribution in [2.24, 2.45) is 0 Å². The highest BCUT2D eigenvalue weighted by Gasteiger charge is 2.12. The van der Waals surface area contributed by atoms with Crippen molar-refractivity contribution >= 4 is 11.9 Å². The Morgan fingerprint density at radius 1 is 1.35 bits per heavy atom. The number of nitrogens with one attached hydrogen (secondary N) is 1. The van der Waals surface area contributed by atoms with Crippen LogP contribution >= 0.6 is 0 Å². The molecule has 0 saturated carbocycles. The number of aryl methyl sites for hydroxylation is 1. The molecule has 0 atom stereocenters. The van der Waals surface area contributed by atoms with E-state index < -0.39 is 5.91 Å². The lowest BCUT2D eigenvalue weighted by atomic mass is 10.2. The highest BCUT2D eigenvalue weighted by atomic mass is 16.5. The van der Waals surface area contributed by atoms with E-state index in [1.165, 1.54) is 12.1 Å². The maximum Gasteiger partial charge on any atom is 0.328 e. The van der Waals surface area contributed by atoms with Crippen molar-refractivity contribution < 1.29 is 19.5 Å². The van der Waals surface area contributed by atoms with Crippen LogP contribution in [-0.4, -0.2) is 26.3 Å². The number of benzene rings is 1. The molecule has 1 amide bonds. The number of hydrogen-bond donors (Lipinski definition) is 3. The fourth-order valence-corrected chi connectivity index (χ4v) is 1.18. The zero-order valence-electron chi connectivity index (χ0n) is 8.84. The third kappa shape index (κ3) is 2.33. The molecule has 0 bridgehead atoms. The minimum atomic E-state index is -0.524. The second-order valence-electron chi connectivity index (χ2n) is 3.30. The standard InChI is InChI=1S/C10H9N3O4/c1-5-11-10(17-13-5)12-9(16)6-2-3-7(14)8(15)4-6/h2-4,14-15H,1H3,(H,11,12,13,16). The number of anilines is 1. The van der Waals surface area contributed by atoms with Crippen molar-refractivity contribution in [3.8, 4) is 11.5 Å². The second kappa shape index (κ2) is 4.12. The fourth-order valence-electron chi connectivity index (χ4n) is 1.18. The van der Waals surface area contributed by atoms with Crippen molar-refractivity contribution in [2.45, 2.75) is 6.92 Å². The molecule has 7 heteroatoms. The maximum atomic E-state index is 11.7. The van der Waals surface area contributed by atoms with Gasteiger partial charge in [-0.25, -0.2) is 0 Å². The van der Waals surface area contributed by atoms with Crippen LogP contribution in [0.4, 0.5) is 6.01 Å². The quantitative estimate of drug-likeness (QED) is 0.671. The van der Waals surface area contributed by atoms with Crippen molar-refractivity contribution in [1.82, 2.24) is 10.1 Å². The van der Waals surface area contributed by atoms with Gasteiger partial charge < -0.3 is 14.7 Å². The number of carbonyl (C=O) groups excluding carboxylic acids is 1. The van der Waals surface area contributed by atoms with Gasteiger partial charge in [-0.1, -0.05) is 5.16 Å². The predicted molar refractivity (Wildman–Crippen MR) is 56.8 cm³/mol. The van der Waals surface area contributed by atoms with Gasteiger partial charge in [-0.05, 0) is 25.1 Å². The summed E-state index contributed by atoms with van der Waals surface area (Å²) in [5.74, 6) is -0.799. The Balaban J connectivity index is 2.17. The van der Waals surface area contributed by atoms with Crippen LogP contribution in [0.5, 0.6) is 11.5 Å². The third-order valence-corrected chi connectivity index (χ3v) is 1.99. The molecule has 3 N–H and O–H groups in total. The molecule has 7 nitrogen and oxygen atoms in total. The maximum absolute atomic E-state index is 11.7. The lowest BCUT2D eigenvalue weighted by molar-refractivity contribution is 0.102. The molecule has 2 aromatic rings. The Morgan fingerprint density at radius 3 is 2.71 bits per heavy atom. The van der Waals surface area contributed by atoms with Crippen LogP contribution < -0.4 is 5.32 Å². The first-order valence-corrected chi connectivity index (χ1v) is 4.70. The molecule has 0 unspecified atom stereocenters. The zero-order chi connectivity index (χ0) is 12.4. The average molecular weight is 235 g/mol. The molecule has 0 radical (unpaired) electrons. The van der Waals surface area contributed by atoms with Crippen molar-refractivity contribution in [3.05, 3.63) is 29.6 Å². The first-order valence-electron chi connectivity index (χ1n) is 4.70. The largest absolute Gasteiger partial charge is 0.504 e. The highest BCUT2D eigenvalue weighted by molar-refractivity contribution is 6.03. The average Bonchev–Trinajstić information content (AvgIpc) is 2.68. The third-order valence-electron chi connectivity index (χ3n) is 1.99. The van der Waals surface area contributed by atoms with Gasteiger partial charge >= 0.3 is 6.01 Å². The summed E-state index contributed by atoms with van der Waals surface area (Å²) in [7, 11) is 0. The van der Waals surface area contributed by atoms with Gasteiger partial charge in [0.05, 0.1) is 0 Å². The van der Waals surface area contributed by atoms with Crippen LogP contribution in [0.1, 0.15) is 16.2 Å². The monoisotopic (exact) mass is 235 g/mol. The minimum absolute atomic E-state index is 0.0277. The minimum Gasteiger partial charge on any atom is -0.504 e. The molecule has 17 heavy (non-hydrogen) atoms. The van der Waals surface area contributed by atoms with Gasteiger partial charge in [-0.2, -0.15) is 4.98 Å². The van der Waals surface area contributed by atoms with Crippen molar-refractivity contribution in [2.75, 3.05) is 5.32 Å². The summed E-state index contributed by atoms with van der Waals surface area (Å²) in [6.07, 6.45) is 0. The molecule has 0 aliphatic rings. The number of amides is 1. The van der Waals surface area contributed by atoms with Crippen LogP contribution in [0.3, 0.4) is 0 Å². The van der Waals surface area contributed by atoms with E-state index in [1.807, 2.05) is 0 Å². The fraction of sp³-hybridized carbons (Fsp3) is 0.100. The van der Waals surface area contributed by atoms with Gasteiger partial charge in [0.15, 0.2) is 17.3 Å². The molecule has 0 saturated heterocycles. The summed E-state index contributed by atoms with van der Waals surface area (Å²) >= 11 is 0. The number of hydrogen-bond acceptors (Lipinski definition) is 6. The lowest BCUT2D eigenvalue weighted by Crippen LogP contribution is -2.11. The molecular formula is C10H9N3O4. The Bertz CT molecular complexity index is 564. The summed E-state index contributed by atoms with van der Waals surface area (Å²) in [5, 5.41) is 24.2. The van der Waals surface area contributed by atoms with Crippen molar-refractivity contribution in [3.63, 3.8) is 0 Å². The Kier molecular flexibility index (Phi) is 2.65. The van der Waals surface area contributed by atoms with Crippen LogP contribution in [0.15, 0.2) is 22.7 Å². The summed E-state index contributed by atoms with van der Waals surface area (Å²) < 4.78 is 4.71. The lowest BCUT2D eigenvalue weighted by Gasteiger charge is -2.02. The summed E-state index contributed by atoms with van der Waals surface area (Å²) in [6.45, 7) is 1.62. The molecule has 0 spiro atoms. The van der Waals surface area contributed by atoms with Gasteiger partial charge in [0.2, 0.25) is 0 Å². The SMILES string of the molecule is Cc1noc(NC(=O)c2ccc(O)c(O)c2)n1. The van der Waals surface area contributed by atoms with Gasteiger partial charge in [0.25, 0.3) is 5.91 Å². The molecule has 0 aliphatic heterocycles.